The van der Waals surface area contributed by atoms with Gasteiger partial charge >= 0.3 is 11.7 Å². The Balaban J connectivity index is 2.41. The molecule has 0 fully saturated rings. The quantitative estimate of drug-likeness (QED) is 0.591. The van der Waals surface area contributed by atoms with Gasteiger partial charge in [0.25, 0.3) is 0 Å². The Morgan fingerprint density at radius 2 is 2.38 bits per heavy atom. The van der Waals surface area contributed by atoms with Crippen molar-refractivity contribution < 1.29 is 14.8 Å². The SMILES string of the molecule is N#Cc1ccnc(Sc2nnnn2CC(=O)O)c1[N+](=O)[O-]. The van der Waals surface area contributed by atoms with Crippen LogP contribution in [0.25, 0.3) is 0 Å². The van der Waals surface area contributed by atoms with Crippen molar-refractivity contribution in [2.24, 2.45) is 0 Å². The van der Waals surface area contributed by atoms with Crippen molar-refractivity contribution in [3.63, 3.8) is 0 Å². The standard InChI is InChI=1S/C9H5N7O4S/c10-3-5-1-2-11-8(7(5)16(19)20)21-9-12-13-14-15(9)4-6(17)18/h1-2H,4H2,(H,17,18). The molecule has 2 aromatic heterocycles. The van der Waals surface area contributed by atoms with Crippen LogP contribution >= 0.6 is 11.8 Å². The van der Waals surface area contributed by atoms with E-state index in [0.29, 0.717) is 11.8 Å². The number of hydrogen-bond acceptors (Lipinski definition) is 9. The lowest BCUT2D eigenvalue weighted by Crippen LogP contribution is -2.11. The number of rotatable bonds is 5. The number of aliphatic carboxylic acids is 1. The van der Waals surface area contributed by atoms with E-state index in [0.717, 1.165) is 4.68 Å². The van der Waals surface area contributed by atoms with Crippen LogP contribution in [0.4, 0.5) is 5.69 Å². The number of pyridine rings is 1. The van der Waals surface area contributed by atoms with Crippen molar-refractivity contribution in [1.29, 1.82) is 5.26 Å². The number of aromatic nitrogens is 5. The lowest BCUT2D eigenvalue weighted by Gasteiger charge is -2.02. The molecule has 21 heavy (non-hydrogen) atoms. The number of carboxylic acid groups (broad SMARTS) is 1. The maximum absolute atomic E-state index is 11.0. The summed E-state index contributed by atoms with van der Waals surface area (Å²) in [6, 6.07) is 2.91. The van der Waals surface area contributed by atoms with E-state index in [1.807, 2.05) is 0 Å². The zero-order chi connectivity index (χ0) is 15.4. The van der Waals surface area contributed by atoms with Crippen molar-refractivity contribution in [1.82, 2.24) is 25.2 Å². The van der Waals surface area contributed by atoms with Gasteiger partial charge in [0, 0.05) is 6.20 Å². The highest BCUT2D eigenvalue weighted by Crippen LogP contribution is 2.33. The summed E-state index contributed by atoms with van der Waals surface area (Å²) >= 11 is 0.707. The Labute approximate surface area is 120 Å². The van der Waals surface area contributed by atoms with Crippen LogP contribution in [0.3, 0.4) is 0 Å². The molecular formula is C9H5N7O4S. The van der Waals surface area contributed by atoms with Gasteiger partial charge in [-0.1, -0.05) is 0 Å². The molecule has 0 aromatic carbocycles. The van der Waals surface area contributed by atoms with Gasteiger partial charge in [-0.05, 0) is 28.3 Å². The predicted molar refractivity (Wildman–Crippen MR) is 65.2 cm³/mol. The van der Waals surface area contributed by atoms with Crippen LogP contribution < -0.4 is 0 Å². The molecule has 1 N–H and O–H groups in total. The topological polar surface area (TPSA) is 161 Å². The monoisotopic (exact) mass is 307 g/mol. The van der Waals surface area contributed by atoms with Gasteiger partial charge < -0.3 is 5.11 Å². The van der Waals surface area contributed by atoms with Gasteiger partial charge in [0.05, 0.1) is 4.92 Å². The first-order valence-corrected chi connectivity index (χ1v) is 6.04. The van der Waals surface area contributed by atoms with Crippen LogP contribution in [0.1, 0.15) is 5.56 Å². The molecule has 0 unspecified atom stereocenters. The number of hydrogen-bond donors (Lipinski definition) is 1. The molecule has 0 aliphatic carbocycles. The molecule has 0 amide bonds. The first-order chi connectivity index (χ1) is 10.0. The molecule has 106 valence electrons. The van der Waals surface area contributed by atoms with E-state index >= 15 is 0 Å². The van der Waals surface area contributed by atoms with Gasteiger partial charge in [-0.15, -0.1) is 5.10 Å². The Bertz CT molecular complexity index is 753. The van der Waals surface area contributed by atoms with Gasteiger partial charge in [-0.2, -0.15) is 5.26 Å². The average molecular weight is 307 g/mol. The van der Waals surface area contributed by atoms with Gasteiger partial charge in [-0.25, -0.2) is 9.67 Å². The summed E-state index contributed by atoms with van der Waals surface area (Å²) in [7, 11) is 0. The van der Waals surface area contributed by atoms with Gasteiger partial charge in [0.1, 0.15) is 18.2 Å². The van der Waals surface area contributed by atoms with E-state index in [1.54, 1.807) is 6.07 Å². The highest BCUT2D eigenvalue weighted by molar-refractivity contribution is 7.99. The molecule has 0 bridgehead atoms. The first-order valence-electron chi connectivity index (χ1n) is 5.22. The predicted octanol–water partition coefficient (Wildman–Crippen LogP) is 0.0838. The fourth-order valence-electron chi connectivity index (χ4n) is 1.36. The second kappa shape index (κ2) is 5.92. The smallest absolute Gasteiger partial charge is 0.325 e. The minimum Gasteiger partial charge on any atom is -0.480 e. The molecule has 2 heterocycles. The first kappa shape index (κ1) is 14.3. The van der Waals surface area contributed by atoms with Crippen LogP contribution in [0.5, 0.6) is 0 Å². The third-order valence-corrected chi connectivity index (χ3v) is 3.13. The fraction of sp³-hybridized carbons (Fsp3) is 0.111. The zero-order valence-corrected chi connectivity index (χ0v) is 10.9. The summed E-state index contributed by atoms with van der Waals surface area (Å²) in [5.74, 6) is -1.17. The number of nitrogens with zero attached hydrogens (tertiary/aromatic N) is 7. The molecule has 0 aliphatic rings. The van der Waals surface area contributed by atoms with E-state index < -0.39 is 23.1 Å². The largest absolute Gasteiger partial charge is 0.480 e. The fourth-order valence-corrected chi connectivity index (χ4v) is 2.21. The Morgan fingerprint density at radius 3 is 3.00 bits per heavy atom. The Hall–Kier alpha value is -3.07. The lowest BCUT2D eigenvalue weighted by atomic mass is 10.2. The van der Waals surface area contributed by atoms with Crippen LogP contribution in [-0.2, 0) is 11.3 Å². The molecule has 2 aromatic rings. The highest BCUT2D eigenvalue weighted by atomic mass is 32.2. The molecular weight excluding hydrogens is 302 g/mol. The molecule has 0 atom stereocenters. The van der Waals surface area contributed by atoms with Crippen molar-refractivity contribution >= 4 is 23.4 Å². The maximum Gasteiger partial charge on any atom is 0.325 e. The van der Waals surface area contributed by atoms with Crippen molar-refractivity contribution in [2.75, 3.05) is 0 Å². The van der Waals surface area contributed by atoms with Crippen LogP contribution in [0, 0.1) is 21.4 Å². The summed E-state index contributed by atoms with van der Waals surface area (Å²) in [6.07, 6.45) is 1.24. The number of tetrazole rings is 1. The molecule has 0 spiro atoms. The Morgan fingerprint density at radius 1 is 1.62 bits per heavy atom. The number of carboxylic acids is 1. The second-order valence-electron chi connectivity index (χ2n) is 3.50. The molecule has 0 radical (unpaired) electrons. The Kier molecular flexibility index (Phi) is 4.05. The van der Waals surface area contributed by atoms with E-state index in [2.05, 4.69) is 20.5 Å². The summed E-state index contributed by atoms with van der Waals surface area (Å²) in [4.78, 5) is 24.8. The maximum atomic E-state index is 11.0. The van der Waals surface area contributed by atoms with E-state index in [-0.39, 0.29) is 15.7 Å². The minimum absolute atomic E-state index is 0.0167. The second-order valence-corrected chi connectivity index (χ2v) is 4.45. The molecule has 0 saturated heterocycles. The lowest BCUT2D eigenvalue weighted by molar-refractivity contribution is -0.388. The normalized spacial score (nSPS) is 10.0. The third kappa shape index (κ3) is 3.09. The van der Waals surface area contributed by atoms with Crippen molar-refractivity contribution in [3.8, 4) is 6.07 Å². The molecule has 11 nitrogen and oxygen atoms in total. The number of nitro groups is 1. The van der Waals surface area contributed by atoms with E-state index in [1.165, 1.54) is 12.3 Å². The van der Waals surface area contributed by atoms with Crippen molar-refractivity contribution in [3.05, 3.63) is 27.9 Å². The summed E-state index contributed by atoms with van der Waals surface area (Å²) in [5.41, 5.74) is -0.635. The third-order valence-electron chi connectivity index (χ3n) is 2.17. The van der Waals surface area contributed by atoms with Gasteiger partial charge in [-0.3, -0.25) is 14.9 Å². The summed E-state index contributed by atoms with van der Waals surface area (Å²) in [5, 5.41) is 38.9. The summed E-state index contributed by atoms with van der Waals surface area (Å²) < 4.78 is 0.956. The number of nitriles is 1. The highest BCUT2D eigenvalue weighted by Gasteiger charge is 2.24. The molecule has 12 heteroatoms. The van der Waals surface area contributed by atoms with Crippen LogP contribution in [-0.4, -0.2) is 41.2 Å². The average Bonchev–Trinajstić information content (AvgIpc) is 2.84. The minimum atomic E-state index is -1.17. The van der Waals surface area contributed by atoms with Gasteiger partial charge in [0.2, 0.25) is 5.16 Å². The zero-order valence-electron chi connectivity index (χ0n) is 10.1. The van der Waals surface area contributed by atoms with Crippen molar-refractivity contribution in [2.45, 2.75) is 16.7 Å². The van der Waals surface area contributed by atoms with E-state index in [4.69, 9.17) is 10.4 Å². The van der Waals surface area contributed by atoms with Gasteiger partial charge in [0.15, 0.2) is 5.03 Å². The summed E-state index contributed by atoms with van der Waals surface area (Å²) in [6.45, 7) is -0.499. The molecule has 0 aliphatic heterocycles. The number of carbonyl (C=O) groups is 1. The van der Waals surface area contributed by atoms with Crippen LogP contribution in [0.2, 0.25) is 0 Å². The molecule has 2 rings (SSSR count). The van der Waals surface area contributed by atoms with E-state index in [9.17, 15) is 14.9 Å². The molecule has 0 saturated carbocycles. The van der Waals surface area contributed by atoms with Crippen LogP contribution in [0.15, 0.2) is 22.4 Å².